The largest absolute Gasteiger partial charge is 0.395 e. The Labute approximate surface area is 114 Å². The minimum Gasteiger partial charge on any atom is -0.395 e. The van der Waals surface area contributed by atoms with Crippen LogP contribution in [0.15, 0.2) is 0 Å². The van der Waals surface area contributed by atoms with Crippen LogP contribution in [0.3, 0.4) is 0 Å². The summed E-state index contributed by atoms with van der Waals surface area (Å²) in [6.07, 6.45) is 1.27. The highest BCUT2D eigenvalue weighted by Crippen LogP contribution is 2.23. The average molecular weight is 290 g/mol. The number of hydrogen-bond donors (Lipinski definition) is 2. The lowest BCUT2D eigenvalue weighted by Crippen LogP contribution is -2.47. The predicted octanol–water partition coefficient (Wildman–Crippen LogP) is -1.01. The molecule has 0 aromatic carbocycles. The Morgan fingerprint density at radius 1 is 1.42 bits per heavy atom. The number of carbonyl (C=O) groups is 1. The lowest BCUT2D eigenvalue weighted by atomic mass is 9.99. The Kier molecular flexibility index (Phi) is 4.47. The van der Waals surface area contributed by atoms with Gasteiger partial charge in [-0.15, -0.1) is 0 Å². The molecule has 0 bridgehead atoms. The van der Waals surface area contributed by atoms with E-state index < -0.39 is 9.84 Å². The molecule has 0 saturated carbocycles. The van der Waals surface area contributed by atoms with E-state index in [4.69, 9.17) is 5.11 Å². The number of sulfone groups is 1. The molecule has 3 atom stereocenters. The SMILES string of the molecule is CC1NCCC1C(=O)N(CCO)C1CCS(=O)(=O)C1. The second kappa shape index (κ2) is 5.76. The molecule has 2 aliphatic rings. The van der Waals surface area contributed by atoms with Gasteiger partial charge in [0.25, 0.3) is 0 Å². The van der Waals surface area contributed by atoms with Gasteiger partial charge in [0.1, 0.15) is 0 Å². The van der Waals surface area contributed by atoms with Crippen molar-refractivity contribution in [3.05, 3.63) is 0 Å². The summed E-state index contributed by atoms with van der Waals surface area (Å²) in [7, 11) is -3.02. The number of nitrogens with one attached hydrogen (secondary N) is 1. The van der Waals surface area contributed by atoms with Gasteiger partial charge in [-0.05, 0) is 26.3 Å². The Morgan fingerprint density at radius 3 is 2.63 bits per heavy atom. The molecule has 2 N–H and O–H groups in total. The Hall–Kier alpha value is -0.660. The van der Waals surface area contributed by atoms with E-state index in [1.807, 2.05) is 6.92 Å². The molecule has 0 radical (unpaired) electrons. The van der Waals surface area contributed by atoms with Crippen molar-refractivity contribution in [1.82, 2.24) is 10.2 Å². The van der Waals surface area contributed by atoms with Crippen LogP contribution in [-0.4, -0.2) is 67.6 Å². The van der Waals surface area contributed by atoms with Crippen molar-refractivity contribution in [2.75, 3.05) is 31.2 Å². The highest BCUT2D eigenvalue weighted by molar-refractivity contribution is 7.91. The van der Waals surface area contributed by atoms with E-state index in [0.717, 1.165) is 13.0 Å². The van der Waals surface area contributed by atoms with Crippen LogP contribution in [0.1, 0.15) is 19.8 Å². The van der Waals surface area contributed by atoms with Crippen LogP contribution in [0, 0.1) is 5.92 Å². The number of aliphatic hydroxyl groups excluding tert-OH is 1. The number of hydrogen-bond acceptors (Lipinski definition) is 5. The van der Waals surface area contributed by atoms with Crippen molar-refractivity contribution >= 4 is 15.7 Å². The van der Waals surface area contributed by atoms with Gasteiger partial charge in [-0.3, -0.25) is 4.79 Å². The first-order valence-electron chi connectivity index (χ1n) is 6.80. The topological polar surface area (TPSA) is 86.7 Å². The molecule has 0 aromatic rings. The molecule has 2 rings (SSSR count). The van der Waals surface area contributed by atoms with Crippen LogP contribution >= 0.6 is 0 Å². The average Bonchev–Trinajstić information content (AvgIpc) is 2.91. The fraction of sp³-hybridized carbons (Fsp3) is 0.917. The van der Waals surface area contributed by atoms with Gasteiger partial charge in [-0.25, -0.2) is 8.42 Å². The van der Waals surface area contributed by atoms with E-state index in [1.165, 1.54) is 0 Å². The van der Waals surface area contributed by atoms with Crippen LogP contribution in [0.5, 0.6) is 0 Å². The smallest absolute Gasteiger partial charge is 0.227 e. The zero-order valence-electron chi connectivity index (χ0n) is 11.2. The molecule has 7 heteroatoms. The summed E-state index contributed by atoms with van der Waals surface area (Å²) in [5, 5.41) is 12.4. The van der Waals surface area contributed by atoms with Crippen LogP contribution in [-0.2, 0) is 14.6 Å². The van der Waals surface area contributed by atoms with Crippen LogP contribution in [0.2, 0.25) is 0 Å². The van der Waals surface area contributed by atoms with E-state index in [-0.39, 0.29) is 48.6 Å². The van der Waals surface area contributed by atoms with E-state index in [1.54, 1.807) is 4.90 Å². The van der Waals surface area contributed by atoms with Gasteiger partial charge in [0.05, 0.1) is 24.0 Å². The monoisotopic (exact) mass is 290 g/mol. The van der Waals surface area contributed by atoms with E-state index >= 15 is 0 Å². The Bertz CT molecular complexity index is 437. The third-order valence-electron chi connectivity index (χ3n) is 4.12. The lowest BCUT2D eigenvalue weighted by Gasteiger charge is -2.31. The first-order chi connectivity index (χ1) is 8.94. The number of aliphatic hydroxyl groups is 1. The number of amides is 1. The zero-order chi connectivity index (χ0) is 14.0. The van der Waals surface area contributed by atoms with Crippen LogP contribution in [0.25, 0.3) is 0 Å². The van der Waals surface area contributed by atoms with Crippen molar-refractivity contribution in [1.29, 1.82) is 0 Å². The number of nitrogens with zero attached hydrogens (tertiary/aromatic N) is 1. The molecule has 2 saturated heterocycles. The highest BCUT2D eigenvalue weighted by atomic mass is 32.2. The molecule has 1 amide bonds. The Morgan fingerprint density at radius 2 is 2.16 bits per heavy atom. The van der Waals surface area contributed by atoms with Gasteiger partial charge >= 0.3 is 0 Å². The summed E-state index contributed by atoms with van der Waals surface area (Å²) in [5.74, 6) is 0.0574. The molecular weight excluding hydrogens is 268 g/mol. The zero-order valence-corrected chi connectivity index (χ0v) is 12.0. The minimum atomic E-state index is -3.02. The molecule has 19 heavy (non-hydrogen) atoms. The van der Waals surface area contributed by atoms with Gasteiger partial charge in [0.2, 0.25) is 5.91 Å². The molecule has 3 unspecified atom stereocenters. The second-order valence-electron chi connectivity index (χ2n) is 5.45. The molecule has 2 aliphatic heterocycles. The molecule has 0 aromatic heterocycles. The maximum atomic E-state index is 12.5. The van der Waals surface area contributed by atoms with Gasteiger partial charge in [-0.2, -0.15) is 0 Å². The fourth-order valence-corrected chi connectivity index (χ4v) is 4.74. The molecule has 6 nitrogen and oxygen atoms in total. The van der Waals surface area contributed by atoms with Gasteiger partial charge in [-0.1, -0.05) is 0 Å². The lowest BCUT2D eigenvalue weighted by molar-refractivity contribution is -0.138. The quantitative estimate of drug-likeness (QED) is 0.693. The first-order valence-corrected chi connectivity index (χ1v) is 8.62. The molecule has 2 fully saturated rings. The fourth-order valence-electron chi connectivity index (χ4n) is 3.01. The van der Waals surface area contributed by atoms with Crippen molar-refractivity contribution in [2.45, 2.75) is 31.8 Å². The molecule has 0 spiro atoms. The van der Waals surface area contributed by atoms with E-state index in [0.29, 0.717) is 6.42 Å². The number of carbonyl (C=O) groups excluding carboxylic acids is 1. The Balaban J connectivity index is 2.09. The van der Waals surface area contributed by atoms with Crippen molar-refractivity contribution in [3.63, 3.8) is 0 Å². The summed E-state index contributed by atoms with van der Waals surface area (Å²) in [6.45, 7) is 2.88. The molecule has 0 aliphatic carbocycles. The van der Waals surface area contributed by atoms with Gasteiger partial charge in [0.15, 0.2) is 9.84 Å². The normalized spacial score (nSPS) is 33.5. The van der Waals surface area contributed by atoms with Crippen molar-refractivity contribution in [3.8, 4) is 0 Å². The van der Waals surface area contributed by atoms with Crippen LogP contribution in [0.4, 0.5) is 0 Å². The summed E-state index contributed by atoms with van der Waals surface area (Å²) in [6, 6.07) is -0.149. The second-order valence-corrected chi connectivity index (χ2v) is 7.68. The van der Waals surface area contributed by atoms with Crippen LogP contribution < -0.4 is 5.32 Å². The van der Waals surface area contributed by atoms with Crippen molar-refractivity contribution in [2.24, 2.45) is 5.92 Å². The highest BCUT2D eigenvalue weighted by Gasteiger charge is 2.39. The molecule has 110 valence electrons. The van der Waals surface area contributed by atoms with E-state index in [2.05, 4.69) is 5.32 Å². The third-order valence-corrected chi connectivity index (χ3v) is 5.87. The van der Waals surface area contributed by atoms with E-state index in [9.17, 15) is 13.2 Å². The standard InChI is InChI=1S/C12H22N2O4S/c1-9-11(2-4-13-9)12(16)14(5-6-15)10-3-7-19(17,18)8-10/h9-11,13,15H,2-8H2,1H3. The first kappa shape index (κ1) is 14.7. The van der Waals surface area contributed by atoms with Crippen molar-refractivity contribution < 1.29 is 18.3 Å². The van der Waals surface area contributed by atoms with Gasteiger partial charge < -0.3 is 15.3 Å². The summed E-state index contributed by atoms with van der Waals surface area (Å²) < 4.78 is 23.1. The molecular formula is C12H22N2O4S. The summed E-state index contributed by atoms with van der Waals surface area (Å²) >= 11 is 0. The summed E-state index contributed by atoms with van der Waals surface area (Å²) in [5.41, 5.74) is 0. The third kappa shape index (κ3) is 3.27. The predicted molar refractivity (Wildman–Crippen MR) is 71.4 cm³/mol. The number of rotatable bonds is 4. The maximum absolute atomic E-state index is 12.5. The summed E-state index contributed by atoms with van der Waals surface area (Å²) in [4.78, 5) is 14.1. The maximum Gasteiger partial charge on any atom is 0.227 e. The molecule has 2 heterocycles. The van der Waals surface area contributed by atoms with Gasteiger partial charge in [0, 0.05) is 18.6 Å². The minimum absolute atomic E-state index is 0.0198.